The molecule has 1 saturated heterocycles. The van der Waals surface area contributed by atoms with Crippen molar-refractivity contribution in [1.29, 1.82) is 0 Å². The van der Waals surface area contributed by atoms with Crippen molar-refractivity contribution in [2.45, 2.75) is 19.0 Å². The zero-order valence-corrected chi connectivity index (χ0v) is 21.5. The minimum absolute atomic E-state index is 0.00492. The average Bonchev–Trinajstić information content (AvgIpc) is 3.40. The number of benzene rings is 3. The van der Waals surface area contributed by atoms with Crippen molar-refractivity contribution in [3.63, 3.8) is 0 Å². The van der Waals surface area contributed by atoms with Crippen LogP contribution in [0.1, 0.15) is 29.2 Å². The van der Waals surface area contributed by atoms with E-state index < -0.39 is 0 Å². The summed E-state index contributed by atoms with van der Waals surface area (Å²) in [6.45, 7) is 4.89. The van der Waals surface area contributed by atoms with Crippen molar-refractivity contribution in [3.05, 3.63) is 95.6 Å². The molecule has 5 rings (SSSR count). The number of piperazine rings is 1. The van der Waals surface area contributed by atoms with Crippen LogP contribution in [-0.2, 0) is 11.3 Å². The fourth-order valence-electron chi connectivity index (χ4n) is 5.11. The lowest BCUT2D eigenvalue weighted by atomic mass is 9.97. The molecule has 1 atom stereocenters. The monoisotopic (exact) mass is 498 g/mol. The fraction of sp³-hybridized carbons (Fsp3) is 0.333. The molecule has 2 heterocycles. The van der Waals surface area contributed by atoms with Crippen LogP contribution >= 0.6 is 0 Å². The van der Waals surface area contributed by atoms with Gasteiger partial charge in [-0.1, -0.05) is 60.7 Å². The number of carbonyl (C=O) groups excluding carboxylic acids is 1. The Labute approximate surface area is 218 Å². The van der Waals surface area contributed by atoms with Gasteiger partial charge in [0.05, 0.1) is 32.5 Å². The van der Waals surface area contributed by atoms with Crippen LogP contribution in [0, 0.1) is 0 Å². The van der Waals surface area contributed by atoms with Crippen molar-refractivity contribution in [1.82, 2.24) is 14.8 Å². The smallest absolute Gasteiger partial charge is 0.257 e. The van der Waals surface area contributed by atoms with Crippen LogP contribution in [0.4, 0.5) is 0 Å². The molecule has 0 N–H and O–H groups in total. The van der Waals surface area contributed by atoms with Gasteiger partial charge in [-0.25, -0.2) is 5.01 Å². The van der Waals surface area contributed by atoms with Crippen LogP contribution in [0.25, 0.3) is 0 Å². The van der Waals surface area contributed by atoms with Gasteiger partial charge in [-0.3, -0.25) is 14.6 Å². The molecule has 3 aromatic carbocycles. The first-order chi connectivity index (χ1) is 18.1. The molecule has 2 aliphatic heterocycles. The molecule has 1 fully saturated rings. The van der Waals surface area contributed by atoms with Crippen LogP contribution in [-0.4, -0.2) is 73.4 Å². The van der Waals surface area contributed by atoms with Gasteiger partial charge in [0, 0.05) is 50.3 Å². The van der Waals surface area contributed by atoms with Crippen LogP contribution in [0.3, 0.4) is 0 Å². The molecule has 0 aliphatic carbocycles. The maximum absolute atomic E-state index is 13.7. The second-order valence-electron chi connectivity index (χ2n) is 9.52. The van der Waals surface area contributed by atoms with Crippen LogP contribution in [0.5, 0.6) is 11.5 Å². The summed E-state index contributed by atoms with van der Waals surface area (Å²) in [5, 5.41) is 6.53. The molecule has 0 radical (unpaired) electrons. The van der Waals surface area contributed by atoms with E-state index in [-0.39, 0.29) is 11.9 Å². The molecule has 37 heavy (non-hydrogen) atoms. The quantitative estimate of drug-likeness (QED) is 0.466. The first-order valence-electron chi connectivity index (χ1n) is 12.8. The highest BCUT2D eigenvalue weighted by atomic mass is 16.5. The minimum atomic E-state index is -0.218. The second kappa shape index (κ2) is 11.6. The highest BCUT2D eigenvalue weighted by Gasteiger charge is 2.35. The number of hydrogen-bond acceptors (Lipinski definition) is 6. The normalized spacial score (nSPS) is 18.5. The van der Waals surface area contributed by atoms with E-state index in [0.29, 0.717) is 13.0 Å². The number of methoxy groups -OCH3 is 2. The molecule has 0 saturated carbocycles. The van der Waals surface area contributed by atoms with E-state index in [1.165, 1.54) is 5.56 Å². The molecule has 7 heteroatoms. The van der Waals surface area contributed by atoms with Crippen LogP contribution < -0.4 is 9.47 Å². The molecular weight excluding hydrogens is 464 g/mol. The Kier molecular flexibility index (Phi) is 7.82. The number of amides is 1. The third kappa shape index (κ3) is 5.84. The van der Waals surface area contributed by atoms with Gasteiger partial charge in [-0.2, -0.15) is 5.10 Å². The summed E-state index contributed by atoms with van der Waals surface area (Å²) in [4.78, 5) is 18.4. The Bertz CT molecular complexity index is 1240. The van der Waals surface area contributed by atoms with E-state index in [2.05, 4.69) is 34.1 Å². The third-order valence-corrected chi connectivity index (χ3v) is 7.14. The van der Waals surface area contributed by atoms with E-state index in [4.69, 9.17) is 14.6 Å². The number of ether oxygens (including phenoxy) is 2. The fourth-order valence-corrected chi connectivity index (χ4v) is 5.11. The zero-order chi connectivity index (χ0) is 25.6. The topological polar surface area (TPSA) is 57.6 Å². The molecule has 3 aromatic rings. The van der Waals surface area contributed by atoms with Crippen molar-refractivity contribution >= 4 is 11.6 Å². The summed E-state index contributed by atoms with van der Waals surface area (Å²) in [5.74, 6) is 1.54. The Morgan fingerprint density at radius 1 is 0.865 bits per heavy atom. The van der Waals surface area contributed by atoms with Crippen molar-refractivity contribution in [2.24, 2.45) is 5.10 Å². The molecule has 0 unspecified atom stereocenters. The Morgan fingerprint density at radius 3 is 2.35 bits per heavy atom. The molecule has 0 bridgehead atoms. The Hall–Kier alpha value is -3.68. The molecule has 2 aliphatic rings. The van der Waals surface area contributed by atoms with Crippen LogP contribution in [0.15, 0.2) is 84.0 Å². The van der Waals surface area contributed by atoms with Gasteiger partial charge in [0.1, 0.15) is 11.5 Å². The van der Waals surface area contributed by atoms with E-state index >= 15 is 0 Å². The molecule has 1 amide bonds. The van der Waals surface area contributed by atoms with Crippen molar-refractivity contribution in [3.8, 4) is 11.5 Å². The summed E-state index contributed by atoms with van der Waals surface area (Å²) in [6, 6.07) is 26.1. The highest BCUT2D eigenvalue weighted by molar-refractivity contribution is 6.03. The van der Waals surface area contributed by atoms with Gasteiger partial charge in [0.15, 0.2) is 0 Å². The van der Waals surface area contributed by atoms with E-state index in [9.17, 15) is 4.79 Å². The lowest BCUT2D eigenvalue weighted by Crippen LogP contribution is -2.49. The highest BCUT2D eigenvalue weighted by Crippen LogP contribution is 2.37. The van der Waals surface area contributed by atoms with Gasteiger partial charge in [-0.05, 0) is 23.8 Å². The standard InChI is InChI=1S/C30H34N4O3/c1-36-25-12-8-11-24(19-25)27-20-28(26-13-6-7-14-29(26)37-2)34(31-27)30(35)22-33-17-15-32(16-18-33)21-23-9-4-3-5-10-23/h3-14,19,28H,15-18,20-22H2,1-2H3/t28-/m1/s1. The number of carbonyl (C=O) groups is 1. The van der Waals surface area contributed by atoms with Crippen LogP contribution in [0.2, 0.25) is 0 Å². The SMILES string of the molecule is COc1cccc(C2=NN(C(=O)CN3CCN(Cc4ccccc4)CC3)[C@@H](c3ccccc3OC)C2)c1. The molecule has 192 valence electrons. The molecular formula is C30H34N4O3. The summed E-state index contributed by atoms with van der Waals surface area (Å²) in [7, 11) is 3.32. The van der Waals surface area contributed by atoms with Crippen molar-refractivity contribution in [2.75, 3.05) is 46.9 Å². The summed E-state index contributed by atoms with van der Waals surface area (Å²) < 4.78 is 11.1. The van der Waals surface area contributed by atoms with Gasteiger partial charge >= 0.3 is 0 Å². The first-order valence-corrected chi connectivity index (χ1v) is 12.8. The minimum Gasteiger partial charge on any atom is -0.497 e. The maximum Gasteiger partial charge on any atom is 0.257 e. The zero-order valence-electron chi connectivity index (χ0n) is 21.5. The average molecular weight is 499 g/mol. The van der Waals surface area contributed by atoms with E-state index in [1.807, 2.05) is 54.6 Å². The predicted molar refractivity (Wildman–Crippen MR) is 145 cm³/mol. The van der Waals surface area contributed by atoms with Gasteiger partial charge in [0.25, 0.3) is 5.91 Å². The summed E-state index contributed by atoms with van der Waals surface area (Å²) in [6.07, 6.45) is 0.615. The summed E-state index contributed by atoms with van der Waals surface area (Å²) in [5.41, 5.74) is 4.12. The number of nitrogens with zero attached hydrogens (tertiary/aromatic N) is 4. The first kappa shape index (κ1) is 25.0. The lowest BCUT2D eigenvalue weighted by Gasteiger charge is -2.35. The van der Waals surface area contributed by atoms with E-state index in [1.54, 1.807) is 19.2 Å². The maximum atomic E-state index is 13.7. The predicted octanol–water partition coefficient (Wildman–Crippen LogP) is 4.20. The Balaban J connectivity index is 1.30. The number of hydrogen-bond donors (Lipinski definition) is 0. The number of para-hydroxylation sites is 1. The Morgan fingerprint density at radius 2 is 1.59 bits per heavy atom. The van der Waals surface area contributed by atoms with Gasteiger partial charge < -0.3 is 9.47 Å². The van der Waals surface area contributed by atoms with Crippen molar-refractivity contribution < 1.29 is 14.3 Å². The second-order valence-corrected chi connectivity index (χ2v) is 9.52. The largest absolute Gasteiger partial charge is 0.497 e. The molecule has 7 nitrogen and oxygen atoms in total. The van der Waals surface area contributed by atoms with E-state index in [0.717, 1.165) is 61.1 Å². The third-order valence-electron chi connectivity index (χ3n) is 7.14. The molecule has 0 aromatic heterocycles. The number of hydrazone groups is 1. The lowest BCUT2D eigenvalue weighted by molar-refractivity contribution is -0.134. The van der Waals surface area contributed by atoms with Gasteiger partial charge in [0.2, 0.25) is 0 Å². The molecule has 0 spiro atoms. The number of rotatable bonds is 8. The van der Waals surface area contributed by atoms with Gasteiger partial charge in [-0.15, -0.1) is 0 Å². The summed E-state index contributed by atoms with van der Waals surface area (Å²) >= 11 is 0.